The van der Waals surface area contributed by atoms with Gasteiger partial charge in [0.25, 0.3) is 0 Å². The van der Waals surface area contributed by atoms with Crippen LogP contribution < -0.4 is 5.32 Å². The van der Waals surface area contributed by atoms with E-state index in [2.05, 4.69) is 28.7 Å². The van der Waals surface area contributed by atoms with Crippen molar-refractivity contribution in [2.75, 3.05) is 6.54 Å². The topological polar surface area (TPSA) is 29.9 Å². The summed E-state index contributed by atoms with van der Waals surface area (Å²) in [5.74, 6) is 0. The maximum Gasteiger partial charge on any atom is 0.0948 e. The monoisotopic (exact) mass is 207 g/mol. The maximum atomic E-state index is 4.24. The van der Waals surface area contributed by atoms with Gasteiger partial charge in [-0.05, 0) is 31.2 Å². The van der Waals surface area contributed by atoms with E-state index in [4.69, 9.17) is 0 Å². The average Bonchev–Trinajstić information content (AvgIpc) is 2.89. The predicted molar refractivity (Wildman–Crippen MR) is 61.6 cm³/mol. The van der Waals surface area contributed by atoms with Gasteiger partial charge in [-0.3, -0.25) is 0 Å². The van der Waals surface area contributed by atoms with Crippen molar-refractivity contribution >= 4 is 0 Å². The van der Waals surface area contributed by atoms with Gasteiger partial charge in [0.05, 0.1) is 12.0 Å². The second-order valence-electron chi connectivity index (χ2n) is 4.65. The highest BCUT2D eigenvalue weighted by atomic mass is 15.1. The molecule has 84 valence electrons. The number of imidazole rings is 1. The third-order valence-electron chi connectivity index (χ3n) is 3.57. The highest BCUT2D eigenvalue weighted by Crippen LogP contribution is 2.50. The van der Waals surface area contributed by atoms with Crippen LogP contribution in [-0.2, 0) is 13.1 Å². The molecule has 3 nitrogen and oxygen atoms in total. The zero-order chi connectivity index (χ0) is 10.7. The second kappa shape index (κ2) is 4.35. The summed E-state index contributed by atoms with van der Waals surface area (Å²) < 4.78 is 2.32. The van der Waals surface area contributed by atoms with Gasteiger partial charge in [0, 0.05) is 19.3 Å². The quantitative estimate of drug-likeness (QED) is 0.775. The van der Waals surface area contributed by atoms with Gasteiger partial charge in [0.2, 0.25) is 0 Å². The SMILES string of the molecule is CCNCc1cncn1CC1(CC)CC1. The van der Waals surface area contributed by atoms with Gasteiger partial charge in [0.15, 0.2) is 0 Å². The third-order valence-corrected chi connectivity index (χ3v) is 3.57. The van der Waals surface area contributed by atoms with E-state index in [-0.39, 0.29) is 0 Å². The van der Waals surface area contributed by atoms with Gasteiger partial charge < -0.3 is 9.88 Å². The van der Waals surface area contributed by atoms with Gasteiger partial charge in [-0.1, -0.05) is 13.8 Å². The summed E-state index contributed by atoms with van der Waals surface area (Å²) in [6, 6.07) is 0. The van der Waals surface area contributed by atoms with Gasteiger partial charge in [-0.2, -0.15) is 0 Å². The molecule has 2 rings (SSSR count). The zero-order valence-corrected chi connectivity index (χ0v) is 9.79. The van der Waals surface area contributed by atoms with Gasteiger partial charge >= 0.3 is 0 Å². The molecular weight excluding hydrogens is 186 g/mol. The third kappa shape index (κ3) is 2.40. The van der Waals surface area contributed by atoms with E-state index in [1.54, 1.807) is 0 Å². The first-order valence-electron chi connectivity index (χ1n) is 5.99. The van der Waals surface area contributed by atoms with Crippen LogP contribution in [0, 0.1) is 5.41 Å². The van der Waals surface area contributed by atoms with Crippen molar-refractivity contribution in [1.82, 2.24) is 14.9 Å². The molecule has 1 aliphatic rings. The van der Waals surface area contributed by atoms with Crippen molar-refractivity contribution in [1.29, 1.82) is 0 Å². The van der Waals surface area contributed by atoms with Gasteiger partial charge in [-0.15, -0.1) is 0 Å². The Bertz CT molecular complexity index is 312. The number of hydrogen-bond acceptors (Lipinski definition) is 2. The smallest absolute Gasteiger partial charge is 0.0948 e. The lowest BCUT2D eigenvalue weighted by atomic mass is 10.0. The number of nitrogens with one attached hydrogen (secondary N) is 1. The molecule has 1 saturated carbocycles. The van der Waals surface area contributed by atoms with Gasteiger partial charge in [0.1, 0.15) is 0 Å². The van der Waals surface area contributed by atoms with Crippen molar-refractivity contribution < 1.29 is 0 Å². The van der Waals surface area contributed by atoms with Crippen molar-refractivity contribution in [3.8, 4) is 0 Å². The summed E-state index contributed by atoms with van der Waals surface area (Å²) in [4.78, 5) is 4.24. The van der Waals surface area contributed by atoms with Crippen LogP contribution >= 0.6 is 0 Å². The van der Waals surface area contributed by atoms with Crippen LogP contribution in [0.2, 0.25) is 0 Å². The van der Waals surface area contributed by atoms with Crippen molar-refractivity contribution in [3.05, 3.63) is 18.2 Å². The number of nitrogens with zero attached hydrogens (tertiary/aromatic N) is 2. The Hall–Kier alpha value is -0.830. The Morgan fingerprint density at radius 3 is 2.87 bits per heavy atom. The lowest BCUT2D eigenvalue weighted by Gasteiger charge is -2.15. The summed E-state index contributed by atoms with van der Waals surface area (Å²) in [6.45, 7) is 7.55. The molecule has 1 heterocycles. The summed E-state index contributed by atoms with van der Waals surface area (Å²) >= 11 is 0. The molecule has 0 atom stereocenters. The van der Waals surface area contributed by atoms with E-state index in [1.807, 2.05) is 12.5 Å². The zero-order valence-electron chi connectivity index (χ0n) is 9.79. The van der Waals surface area contributed by atoms with Crippen LogP contribution in [0.15, 0.2) is 12.5 Å². The molecule has 0 saturated heterocycles. The van der Waals surface area contributed by atoms with Crippen LogP contribution in [0.3, 0.4) is 0 Å². The van der Waals surface area contributed by atoms with Crippen molar-refractivity contribution in [3.63, 3.8) is 0 Å². The fourth-order valence-electron chi connectivity index (χ4n) is 2.05. The fourth-order valence-corrected chi connectivity index (χ4v) is 2.05. The van der Waals surface area contributed by atoms with Crippen LogP contribution in [0.1, 0.15) is 38.8 Å². The Morgan fingerprint density at radius 2 is 2.27 bits per heavy atom. The highest BCUT2D eigenvalue weighted by Gasteiger charge is 2.40. The molecule has 0 bridgehead atoms. The molecule has 1 N–H and O–H groups in total. The lowest BCUT2D eigenvalue weighted by molar-refractivity contribution is 0.400. The van der Waals surface area contributed by atoms with E-state index in [9.17, 15) is 0 Å². The minimum atomic E-state index is 0.599. The van der Waals surface area contributed by atoms with Crippen LogP contribution in [0.5, 0.6) is 0 Å². The standard InChI is InChI=1S/C12H21N3/c1-3-12(5-6-12)9-15-10-14-8-11(15)7-13-4-2/h8,10,13H,3-7,9H2,1-2H3. The summed E-state index contributed by atoms with van der Waals surface area (Å²) in [7, 11) is 0. The summed E-state index contributed by atoms with van der Waals surface area (Å²) in [5, 5.41) is 3.35. The van der Waals surface area contributed by atoms with Crippen LogP contribution in [0.4, 0.5) is 0 Å². The Labute approximate surface area is 91.9 Å². The molecule has 0 unspecified atom stereocenters. The number of rotatable bonds is 6. The first kappa shape index (κ1) is 10.7. The minimum Gasteiger partial charge on any atom is -0.333 e. The van der Waals surface area contributed by atoms with Crippen LogP contribution in [0.25, 0.3) is 0 Å². The molecule has 1 aromatic rings. The summed E-state index contributed by atoms with van der Waals surface area (Å²) in [5.41, 5.74) is 1.92. The molecule has 0 spiro atoms. The second-order valence-corrected chi connectivity index (χ2v) is 4.65. The fraction of sp³-hybridized carbons (Fsp3) is 0.750. The van der Waals surface area contributed by atoms with Crippen LogP contribution in [-0.4, -0.2) is 16.1 Å². The van der Waals surface area contributed by atoms with E-state index in [0.29, 0.717) is 5.41 Å². The largest absolute Gasteiger partial charge is 0.333 e. The molecule has 0 aromatic carbocycles. The van der Waals surface area contributed by atoms with E-state index in [1.165, 1.54) is 25.0 Å². The van der Waals surface area contributed by atoms with E-state index >= 15 is 0 Å². The van der Waals surface area contributed by atoms with E-state index < -0.39 is 0 Å². The molecular formula is C12H21N3. The molecule has 1 aliphatic carbocycles. The molecule has 1 fully saturated rings. The number of aromatic nitrogens is 2. The first-order valence-corrected chi connectivity index (χ1v) is 5.99. The first-order chi connectivity index (χ1) is 7.29. The molecule has 3 heteroatoms. The Kier molecular flexibility index (Phi) is 3.10. The normalized spacial score (nSPS) is 18.0. The highest BCUT2D eigenvalue weighted by molar-refractivity contribution is 5.02. The van der Waals surface area contributed by atoms with Gasteiger partial charge in [-0.25, -0.2) is 4.98 Å². The predicted octanol–water partition coefficient (Wildman–Crippen LogP) is 2.18. The van der Waals surface area contributed by atoms with Crippen molar-refractivity contribution in [2.24, 2.45) is 5.41 Å². The molecule has 0 aliphatic heterocycles. The number of hydrogen-bond donors (Lipinski definition) is 1. The van der Waals surface area contributed by atoms with Crippen molar-refractivity contribution in [2.45, 2.75) is 46.2 Å². The average molecular weight is 207 g/mol. The molecule has 15 heavy (non-hydrogen) atoms. The Morgan fingerprint density at radius 1 is 1.47 bits per heavy atom. The Balaban J connectivity index is 1.98. The van der Waals surface area contributed by atoms with E-state index in [0.717, 1.165) is 19.6 Å². The lowest BCUT2D eigenvalue weighted by Crippen LogP contribution is -2.18. The molecule has 1 aromatic heterocycles. The minimum absolute atomic E-state index is 0.599. The molecule has 0 amide bonds. The molecule has 0 radical (unpaired) electrons. The maximum absolute atomic E-state index is 4.24. The summed E-state index contributed by atoms with van der Waals surface area (Å²) in [6.07, 6.45) is 8.04.